The van der Waals surface area contributed by atoms with Gasteiger partial charge in [0.15, 0.2) is 5.17 Å². The van der Waals surface area contributed by atoms with Crippen LogP contribution < -0.4 is 0 Å². The Labute approximate surface area is 139 Å². The Kier molecular flexibility index (Phi) is 3.79. The van der Waals surface area contributed by atoms with Gasteiger partial charge in [0.2, 0.25) is 0 Å². The van der Waals surface area contributed by atoms with Crippen LogP contribution >= 0.6 is 11.8 Å². The molecule has 5 heteroatoms. The molecule has 0 amide bonds. The smallest absolute Gasteiger partial charge is 0.160 e. The van der Waals surface area contributed by atoms with Crippen LogP contribution in [0.4, 0.5) is 5.69 Å². The van der Waals surface area contributed by atoms with E-state index in [1.165, 1.54) is 10.7 Å². The largest absolute Gasteiger partial charge is 0.507 e. The summed E-state index contributed by atoms with van der Waals surface area (Å²) < 4.78 is 0. The molecule has 2 aliphatic rings. The highest BCUT2D eigenvalue weighted by Gasteiger charge is 2.30. The normalized spacial score (nSPS) is 20.1. The molecule has 0 aromatic heterocycles. The van der Waals surface area contributed by atoms with E-state index in [9.17, 15) is 5.11 Å². The second-order valence-electron chi connectivity index (χ2n) is 5.63. The molecule has 1 fully saturated rings. The van der Waals surface area contributed by atoms with Crippen LogP contribution in [0.15, 0.2) is 58.5 Å². The number of nitrogens with zero attached hydrogens (tertiary/aromatic N) is 3. The topological polar surface area (TPSA) is 48.2 Å². The van der Waals surface area contributed by atoms with E-state index in [2.05, 4.69) is 22.0 Å². The second-order valence-corrected chi connectivity index (χ2v) is 6.70. The summed E-state index contributed by atoms with van der Waals surface area (Å²) in [7, 11) is 0. The third-order valence-corrected chi connectivity index (χ3v) is 5.08. The zero-order valence-electron chi connectivity index (χ0n) is 12.6. The summed E-state index contributed by atoms with van der Waals surface area (Å²) in [6.07, 6.45) is 1.70. The first-order valence-corrected chi connectivity index (χ1v) is 8.66. The number of phenolic OH excluding ortho intramolecular Hbond substituents is 1. The fraction of sp³-hybridized carbons (Fsp3) is 0.222. The first-order chi connectivity index (χ1) is 11.3. The molecule has 116 valence electrons. The number of rotatable bonds is 3. The van der Waals surface area contributed by atoms with Crippen molar-refractivity contribution in [3.63, 3.8) is 0 Å². The van der Waals surface area contributed by atoms with Crippen LogP contribution in [0, 0.1) is 0 Å². The fourth-order valence-electron chi connectivity index (χ4n) is 2.84. The Morgan fingerprint density at radius 3 is 3.00 bits per heavy atom. The first kappa shape index (κ1) is 14.3. The van der Waals surface area contributed by atoms with Gasteiger partial charge in [0.1, 0.15) is 5.75 Å². The Bertz CT molecular complexity index is 787. The van der Waals surface area contributed by atoms with Crippen molar-refractivity contribution in [2.75, 3.05) is 18.8 Å². The summed E-state index contributed by atoms with van der Waals surface area (Å²) in [6.45, 7) is 2.07. The minimum Gasteiger partial charge on any atom is -0.507 e. The average Bonchev–Trinajstić information content (AvgIpc) is 3.16. The maximum Gasteiger partial charge on any atom is 0.160 e. The molecule has 2 heterocycles. The molecule has 1 unspecified atom stereocenters. The molecule has 0 aliphatic carbocycles. The number of phenols is 1. The van der Waals surface area contributed by atoms with Crippen LogP contribution in [0.1, 0.15) is 17.2 Å². The number of amidine groups is 1. The molecule has 0 saturated carbocycles. The van der Waals surface area contributed by atoms with Gasteiger partial charge in [-0.25, -0.2) is 0 Å². The minimum absolute atomic E-state index is 0.207. The van der Waals surface area contributed by atoms with Gasteiger partial charge in [-0.05, 0) is 29.8 Å². The zero-order valence-corrected chi connectivity index (χ0v) is 13.4. The number of benzene rings is 2. The molecule has 0 bridgehead atoms. The van der Waals surface area contributed by atoms with Crippen LogP contribution in [-0.4, -0.2) is 40.2 Å². The lowest BCUT2D eigenvalue weighted by Crippen LogP contribution is -2.21. The second kappa shape index (κ2) is 6.08. The number of hydrogen-bond acceptors (Lipinski definition) is 5. The SMILES string of the molecule is Oc1ccccc1C=Nc1cccc(C2CN3CCSC3=N2)c1. The van der Waals surface area contributed by atoms with E-state index in [1.54, 1.807) is 18.3 Å². The van der Waals surface area contributed by atoms with Crippen molar-refractivity contribution in [1.82, 2.24) is 4.90 Å². The van der Waals surface area contributed by atoms with E-state index >= 15 is 0 Å². The highest BCUT2D eigenvalue weighted by molar-refractivity contribution is 8.14. The molecule has 1 saturated heterocycles. The summed E-state index contributed by atoms with van der Waals surface area (Å²) in [6, 6.07) is 15.6. The summed E-state index contributed by atoms with van der Waals surface area (Å²) >= 11 is 1.84. The molecule has 2 aromatic carbocycles. The van der Waals surface area contributed by atoms with Gasteiger partial charge in [0.25, 0.3) is 0 Å². The molecule has 2 aliphatic heterocycles. The number of thioether (sulfide) groups is 1. The van der Waals surface area contributed by atoms with Crippen molar-refractivity contribution in [3.05, 3.63) is 59.7 Å². The number of para-hydroxylation sites is 1. The van der Waals surface area contributed by atoms with Gasteiger partial charge < -0.3 is 10.0 Å². The van der Waals surface area contributed by atoms with Crippen molar-refractivity contribution in [2.24, 2.45) is 9.98 Å². The lowest BCUT2D eigenvalue weighted by molar-refractivity contribution is 0.464. The van der Waals surface area contributed by atoms with E-state index in [0.717, 1.165) is 30.1 Å². The van der Waals surface area contributed by atoms with E-state index < -0.39 is 0 Å². The van der Waals surface area contributed by atoms with Gasteiger partial charge in [-0.15, -0.1) is 0 Å². The van der Waals surface area contributed by atoms with Crippen molar-refractivity contribution >= 4 is 28.8 Å². The van der Waals surface area contributed by atoms with Crippen LogP contribution in [0.3, 0.4) is 0 Å². The van der Waals surface area contributed by atoms with Crippen molar-refractivity contribution in [1.29, 1.82) is 0 Å². The molecule has 1 atom stereocenters. The van der Waals surface area contributed by atoms with Crippen LogP contribution in [-0.2, 0) is 0 Å². The highest BCUT2D eigenvalue weighted by Crippen LogP contribution is 2.33. The van der Waals surface area contributed by atoms with Gasteiger partial charge in [0, 0.05) is 30.6 Å². The predicted molar refractivity (Wildman–Crippen MR) is 96.0 cm³/mol. The molecular weight excluding hydrogens is 306 g/mol. The Morgan fingerprint density at radius 2 is 2.13 bits per heavy atom. The third-order valence-electron chi connectivity index (χ3n) is 4.07. The summed E-state index contributed by atoms with van der Waals surface area (Å²) in [5.41, 5.74) is 2.79. The Balaban J connectivity index is 1.55. The maximum absolute atomic E-state index is 9.79. The van der Waals surface area contributed by atoms with Gasteiger partial charge in [0.05, 0.1) is 11.7 Å². The maximum atomic E-state index is 9.79. The van der Waals surface area contributed by atoms with Gasteiger partial charge in [-0.1, -0.05) is 36.0 Å². The van der Waals surface area contributed by atoms with E-state index in [-0.39, 0.29) is 11.8 Å². The quantitative estimate of drug-likeness (QED) is 0.878. The lowest BCUT2D eigenvalue weighted by Gasteiger charge is -2.13. The van der Waals surface area contributed by atoms with Crippen LogP contribution in [0.25, 0.3) is 0 Å². The zero-order chi connectivity index (χ0) is 15.6. The Hall–Kier alpha value is -2.27. The molecule has 23 heavy (non-hydrogen) atoms. The van der Waals surface area contributed by atoms with Gasteiger partial charge in [-0.2, -0.15) is 0 Å². The summed E-state index contributed by atoms with van der Waals surface area (Å²) in [4.78, 5) is 11.7. The molecule has 2 aromatic rings. The molecule has 1 N–H and O–H groups in total. The minimum atomic E-state index is 0.207. The first-order valence-electron chi connectivity index (χ1n) is 7.67. The van der Waals surface area contributed by atoms with Crippen LogP contribution in [0.2, 0.25) is 0 Å². The molecule has 4 rings (SSSR count). The highest BCUT2D eigenvalue weighted by atomic mass is 32.2. The van der Waals surface area contributed by atoms with Crippen molar-refractivity contribution < 1.29 is 5.11 Å². The fourth-order valence-corrected chi connectivity index (χ4v) is 3.88. The molecule has 4 nitrogen and oxygen atoms in total. The number of fused-ring (bicyclic) bond motifs is 1. The standard InChI is InChI=1S/C18H17N3OS/c22-17-7-2-1-4-14(17)11-19-15-6-3-5-13(10-15)16-12-21-8-9-23-18(21)20-16/h1-7,10-11,16,22H,8-9,12H2. The molecule has 0 spiro atoms. The summed E-state index contributed by atoms with van der Waals surface area (Å²) in [5, 5.41) is 11.0. The van der Waals surface area contributed by atoms with E-state index in [4.69, 9.17) is 4.99 Å². The lowest BCUT2D eigenvalue weighted by atomic mass is 10.1. The van der Waals surface area contributed by atoms with Crippen molar-refractivity contribution in [2.45, 2.75) is 6.04 Å². The summed E-state index contributed by atoms with van der Waals surface area (Å²) in [5.74, 6) is 1.39. The van der Waals surface area contributed by atoms with Crippen LogP contribution in [0.5, 0.6) is 5.75 Å². The average molecular weight is 323 g/mol. The number of aromatic hydroxyl groups is 1. The number of hydrogen-bond donors (Lipinski definition) is 1. The van der Waals surface area contributed by atoms with Gasteiger partial charge >= 0.3 is 0 Å². The molecular formula is C18H17N3OS. The monoisotopic (exact) mass is 323 g/mol. The molecule has 0 radical (unpaired) electrons. The van der Waals surface area contributed by atoms with E-state index in [0.29, 0.717) is 0 Å². The van der Waals surface area contributed by atoms with E-state index in [1.807, 2.05) is 36.0 Å². The van der Waals surface area contributed by atoms with Crippen molar-refractivity contribution in [3.8, 4) is 5.75 Å². The Morgan fingerprint density at radius 1 is 1.22 bits per heavy atom. The number of aliphatic imine (C=N–C) groups is 2. The van der Waals surface area contributed by atoms with Gasteiger partial charge in [-0.3, -0.25) is 9.98 Å². The predicted octanol–water partition coefficient (Wildman–Crippen LogP) is 3.60. The third kappa shape index (κ3) is 2.97.